The molecule has 1 saturated heterocycles. The van der Waals surface area contributed by atoms with Gasteiger partial charge in [-0.3, -0.25) is 5.10 Å². The number of methoxy groups -OCH3 is 1. The van der Waals surface area contributed by atoms with Crippen LogP contribution in [0.4, 0.5) is 5.82 Å². The second kappa shape index (κ2) is 7.96. The Morgan fingerprint density at radius 3 is 2.93 bits per heavy atom. The van der Waals surface area contributed by atoms with E-state index in [1.807, 2.05) is 31.2 Å². The Kier molecular flexibility index (Phi) is 5.38. The first-order valence-electron chi connectivity index (χ1n) is 9.80. The third-order valence-electron chi connectivity index (χ3n) is 4.92. The van der Waals surface area contributed by atoms with Crippen molar-refractivity contribution < 1.29 is 14.2 Å². The van der Waals surface area contributed by atoms with E-state index >= 15 is 0 Å². The second-order valence-corrected chi connectivity index (χ2v) is 7.95. The molecule has 1 fully saturated rings. The molecule has 0 saturated carbocycles. The number of nitrogens with one attached hydrogen (secondary N) is 1. The number of aromatic amines is 1. The van der Waals surface area contributed by atoms with Crippen LogP contribution in [-0.4, -0.2) is 65.3 Å². The van der Waals surface area contributed by atoms with E-state index in [0.717, 1.165) is 46.9 Å². The maximum Gasteiger partial charge on any atom is 0.132 e. The first kappa shape index (κ1) is 19.6. The van der Waals surface area contributed by atoms with E-state index in [-0.39, 0.29) is 11.7 Å². The number of aromatic nitrogens is 4. The standard InChI is InChI=1S/C21H27N5O3/c1-14(11-27-4)29-15-5-6-17-16(9-15)20(25-24-17)18-10-19(23-13-22-18)26-7-8-28-21(2,3)12-26/h5-6,9-10,13-14H,7-8,11-12H2,1-4H3,(H,24,25). The van der Waals surface area contributed by atoms with Gasteiger partial charge in [-0.05, 0) is 39.0 Å². The number of morpholine rings is 1. The summed E-state index contributed by atoms with van der Waals surface area (Å²) in [5.74, 6) is 1.65. The average Bonchev–Trinajstić information content (AvgIpc) is 3.11. The van der Waals surface area contributed by atoms with Gasteiger partial charge in [0, 0.05) is 31.7 Å². The lowest BCUT2D eigenvalue weighted by Gasteiger charge is -2.38. The molecule has 1 unspecified atom stereocenters. The van der Waals surface area contributed by atoms with Crippen molar-refractivity contribution in [2.24, 2.45) is 0 Å². The Hall–Kier alpha value is -2.71. The van der Waals surface area contributed by atoms with Crippen LogP contribution < -0.4 is 9.64 Å². The van der Waals surface area contributed by atoms with Gasteiger partial charge in [-0.1, -0.05) is 0 Å². The second-order valence-electron chi connectivity index (χ2n) is 7.95. The molecule has 8 nitrogen and oxygen atoms in total. The third kappa shape index (κ3) is 4.33. The molecule has 29 heavy (non-hydrogen) atoms. The highest BCUT2D eigenvalue weighted by Gasteiger charge is 2.28. The molecule has 0 spiro atoms. The highest BCUT2D eigenvalue weighted by Crippen LogP contribution is 2.30. The number of fused-ring (bicyclic) bond motifs is 1. The van der Waals surface area contributed by atoms with E-state index in [9.17, 15) is 0 Å². The molecule has 1 aromatic carbocycles. The summed E-state index contributed by atoms with van der Waals surface area (Å²) < 4.78 is 16.9. The zero-order valence-corrected chi connectivity index (χ0v) is 17.3. The number of benzene rings is 1. The number of H-pyrrole nitrogens is 1. The molecular formula is C21H27N5O3. The largest absolute Gasteiger partial charge is 0.488 e. The minimum atomic E-state index is -0.201. The summed E-state index contributed by atoms with van der Waals surface area (Å²) in [6.45, 7) is 8.95. The van der Waals surface area contributed by atoms with Crippen LogP contribution in [-0.2, 0) is 9.47 Å². The fourth-order valence-corrected chi connectivity index (χ4v) is 3.62. The average molecular weight is 397 g/mol. The Morgan fingerprint density at radius 1 is 1.28 bits per heavy atom. The SMILES string of the molecule is COCC(C)Oc1ccc2[nH]nc(-c3cc(N4CCOC(C)(C)C4)ncn3)c2c1. The fourth-order valence-electron chi connectivity index (χ4n) is 3.62. The number of hydrogen-bond donors (Lipinski definition) is 1. The van der Waals surface area contributed by atoms with Gasteiger partial charge in [-0.25, -0.2) is 9.97 Å². The summed E-state index contributed by atoms with van der Waals surface area (Å²) in [5.41, 5.74) is 2.28. The molecule has 3 heterocycles. The molecule has 1 aliphatic rings. The molecule has 1 N–H and O–H groups in total. The van der Waals surface area contributed by atoms with Crippen LogP contribution in [0.2, 0.25) is 0 Å². The van der Waals surface area contributed by atoms with Gasteiger partial charge in [0.05, 0.1) is 30.0 Å². The van der Waals surface area contributed by atoms with Crippen molar-refractivity contribution >= 4 is 16.7 Å². The third-order valence-corrected chi connectivity index (χ3v) is 4.92. The summed E-state index contributed by atoms with van der Waals surface area (Å²) >= 11 is 0. The maximum atomic E-state index is 5.94. The van der Waals surface area contributed by atoms with E-state index < -0.39 is 0 Å². The Balaban J connectivity index is 1.64. The minimum Gasteiger partial charge on any atom is -0.488 e. The summed E-state index contributed by atoms with van der Waals surface area (Å²) in [5, 5.41) is 8.54. The number of hydrogen-bond acceptors (Lipinski definition) is 7. The van der Waals surface area contributed by atoms with E-state index in [0.29, 0.717) is 13.2 Å². The predicted molar refractivity (Wildman–Crippen MR) is 111 cm³/mol. The molecule has 8 heteroatoms. The van der Waals surface area contributed by atoms with Gasteiger partial charge in [0.25, 0.3) is 0 Å². The summed E-state index contributed by atoms with van der Waals surface area (Å²) in [7, 11) is 1.67. The number of anilines is 1. The van der Waals surface area contributed by atoms with Crippen LogP contribution in [0.15, 0.2) is 30.6 Å². The van der Waals surface area contributed by atoms with E-state index in [1.54, 1.807) is 13.4 Å². The van der Waals surface area contributed by atoms with Gasteiger partial charge in [-0.2, -0.15) is 5.10 Å². The van der Waals surface area contributed by atoms with Gasteiger partial charge in [0.15, 0.2) is 0 Å². The molecule has 1 aliphatic heterocycles. The van der Waals surface area contributed by atoms with Crippen molar-refractivity contribution in [3.8, 4) is 17.1 Å². The molecule has 1 atom stereocenters. The van der Waals surface area contributed by atoms with Crippen molar-refractivity contribution in [2.45, 2.75) is 32.5 Å². The summed E-state index contributed by atoms with van der Waals surface area (Å²) in [6, 6.07) is 7.86. The molecule has 154 valence electrons. The molecule has 4 rings (SSSR count). The fraction of sp³-hybridized carbons (Fsp3) is 0.476. The van der Waals surface area contributed by atoms with Crippen LogP contribution in [0.25, 0.3) is 22.3 Å². The van der Waals surface area contributed by atoms with Gasteiger partial charge in [0.2, 0.25) is 0 Å². The lowest BCUT2D eigenvalue weighted by atomic mass is 10.1. The normalized spacial score (nSPS) is 17.4. The predicted octanol–water partition coefficient (Wildman–Crippen LogP) is 3.05. The van der Waals surface area contributed by atoms with Crippen molar-refractivity contribution in [1.82, 2.24) is 20.2 Å². The zero-order chi connectivity index (χ0) is 20.4. The van der Waals surface area contributed by atoms with Crippen LogP contribution in [0.3, 0.4) is 0 Å². The molecule has 0 aliphatic carbocycles. The van der Waals surface area contributed by atoms with Crippen molar-refractivity contribution in [1.29, 1.82) is 0 Å². The number of nitrogens with zero attached hydrogens (tertiary/aromatic N) is 4. The number of ether oxygens (including phenoxy) is 3. The topological polar surface area (TPSA) is 85.4 Å². The van der Waals surface area contributed by atoms with Crippen molar-refractivity contribution in [3.63, 3.8) is 0 Å². The number of rotatable bonds is 6. The molecule has 0 radical (unpaired) electrons. The molecule has 0 amide bonds. The van der Waals surface area contributed by atoms with E-state index in [2.05, 4.69) is 38.9 Å². The molecular weight excluding hydrogens is 370 g/mol. The highest BCUT2D eigenvalue weighted by molar-refractivity contribution is 5.93. The molecule has 0 bridgehead atoms. The molecule has 2 aromatic heterocycles. The van der Waals surface area contributed by atoms with Crippen molar-refractivity contribution in [3.05, 3.63) is 30.6 Å². The van der Waals surface area contributed by atoms with Crippen LogP contribution in [0, 0.1) is 0 Å². The Labute approximate surface area is 170 Å². The summed E-state index contributed by atoms with van der Waals surface area (Å²) in [4.78, 5) is 11.2. The first-order chi connectivity index (χ1) is 13.9. The van der Waals surface area contributed by atoms with Crippen LogP contribution in [0.1, 0.15) is 20.8 Å². The van der Waals surface area contributed by atoms with Crippen molar-refractivity contribution in [2.75, 3.05) is 38.3 Å². The van der Waals surface area contributed by atoms with Crippen LogP contribution in [0.5, 0.6) is 5.75 Å². The quantitative estimate of drug-likeness (QED) is 0.684. The Morgan fingerprint density at radius 2 is 2.14 bits per heavy atom. The van der Waals surface area contributed by atoms with Gasteiger partial charge >= 0.3 is 0 Å². The maximum absolute atomic E-state index is 5.94. The molecule has 3 aromatic rings. The van der Waals surface area contributed by atoms with Gasteiger partial charge in [0.1, 0.15) is 29.7 Å². The smallest absolute Gasteiger partial charge is 0.132 e. The van der Waals surface area contributed by atoms with E-state index in [4.69, 9.17) is 14.2 Å². The lowest BCUT2D eigenvalue weighted by molar-refractivity contribution is -0.0279. The minimum absolute atomic E-state index is 0.0388. The summed E-state index contributed by atoms with van der Waals surface area (Å²) in [6.07, 6.45) is 1.55. The zero-order valence-electron chi connectivity index (χ0n) is 17.3. The van der Waals surface area contributed by atoms with Crippen LogP contribution >= 0.6 is 0 Å². The lowest BCUT2D eigenvalue weighted by Crippen LogP contribution is -2.48. The highest BCUT2D eigenvalue weighted by atomic mass is 16.5. The van der Waals surface area contributed by atoms with Gasteiger partial charge in [-0.15, -0.1) is 0 Å². The first-order valence-corrected chi connectivity index (χ1v) is 9.80. The monoisotopic (exact) mass is 397 g/mol. The Bertz CT molecular complexity index is 987. The van der Waals surface area contributed by atoms with E-state index in [1.165, 1.54) is 0 Å². The van der Waals surface area contributed by atoms with Gasteiger partial charge < -0.3 is 19.1 Å².